The third-order valence-corrected chi connectivity index (χ3v) is 7.62. The molecule has 3 rings (SSSR count). The molecule has 0 bridgehead atoms. The molecule has 1 amide bonds. The van der Waals surface area contributed by atoms with Crippen molar-refractivity contribution in [2.75, 3.05) is 11.8 Å². The molecule has 7 heteroatoms. The first-order valence-electron chi connectivity index (χ1n) is 10.3. The van der Waals surface area contributed by atoms with Crippen LogP contribution in [-0.4, -0.2) is 27.5 Å². The summed E-state index contributed by atoms with van der Waals surface area (Å²) in [6.07, 6.45) is 3.21. The molecule has 1 aliphatic rings. The lowest BCUT2D eigenvalue weighted by Gasteiger charge is -2.34. The first-order chi connectivity index (χ1) is 14.2. The van der Waals surface area contributed by atoms with Crippen LogP contribution < -0.4 is 14.8 Å². The van der Waals surface area contributed by atoms with Crippen molar-refractivity contribution in [3.8, 4) is 5.75 Å². The van der Waals surface area contributed by atoms with Crippen LogP contribution in [0.25, 0.3) is 0 Å². The molecule has 2 aromatic rings. The Morgan fingerprint density at radius 1 is 1.10 bits per heavy atom. The topological polar surface area (TPSA) is 84.5 Å². The summed E-state index contributed by atoms with van der Waals surface area (Å²) >= 11 is 0. The van der Waals surface area contributed by atoms with E-state index in [0.29, 0.717) is 34.4 Å². The van der Waals surface area contributed by atoms with Gasteiger partial charge in [0.05, 0.1) is 17.7 Å². The maximum Gasteiger partial charge on any atom is 0.262 e. The van der Waals surface area contributed by atoms with E-state index in [1.54, 1.807) is 43.3 Å². The minimum atomic E-state index is -3.90. The molecule has 0 aromatic heterocycles. The monoisotopic (exact) mass is 430 g/mol. The highest BCUT2D eigenvalue weighted by Crippen LogP contribution is 2.30. The minimum absolute atomic E-state index is 0.0751. The van der Waals surface area contributed by atoms with Crippen molar-refractivity contribution in [3.63, 3.8) is 0 Å². The van der Waals surface area contributed by atoms with Gasteiger partial charge in [0, 0.05) is 11.6 Å². The number of methoxy groups -OCH3 is 1. The largest absolute Gasteiger partial charge is 0.495 e. The first kappa shape index (κ1) is 22.2. The summed E-state index contributed by atoms with van der Waals surface area (Å²) in [5.41, 5.74) is 1.25. The molecule has 30 heavy (non-hydrogen) atoms. The molecule has 0 radical (unpaired) electrons. The second-order valence-electron chi connectivity index (χ2n) is 8.13. The maximum atomic E-state index is 13.1. The SMILES string of the molecule is COc1ccccc1NS(=O)(=O)c1cc(C(=O)NC2CCCC(C)C2C)ccc1C. The summed E-state index contributed by atoms with van der Waals surface area (Å²) in [6.45, 7) is 6.09. The molecule has 2 aromatic carbocycles. The van der Waals surface area contributed by atoms with Gasteiger partial charge in [-0.05, 0) is 55.0 Å². The number of para-hydroxylation sites is 2. The van der Waals surface area contributed by atoms with Gasteiger partial charge in [0.1, 0.15) is 5.75 Å². The zero-order chi connectivity index (χ0) is 21.9. The Balaban J connectivity index is 1.84. The molecule has 1 saturated carbocycles. The van der Waals surface area contributed by atoms with Crippen molar-refractivity contribution in [2.45, 2.75) is 51.0 Å². The summed E-state index contributed by atoms with van der Waals surface area (Å²) in [5, 5.41) is 3.11. The van der Waals surface area contributed by atoms with Crippen LogP contribution in [0.15, 0.2) is 47.4 Å². The normalized spacial score (nSPS) is 21.7. The van der Waals surface area contributed by atoms with Crippen LogP contribution in [0.1, 0.15) is 49.0 Å². The lowest BCUT2D eigenvalue weighted by atomic mass is 9.78. The summed E-state index contributed by atoms with van der Waals surface area (Å²) in [5.74, 6) is 1.13. The maximum absolute atomic E-state index is 13.1. The Kier molecular flexibility index (Phi) is 6.71. The Hall–Kier alpha value is -2.54. The third-order valence-electron chi connectivity index (χ3n) is 6.11. The highest BCUT2D eigenvalue weighted by molar-refractivity contribution is 7.92. The van der Waals surface area contributed by atoms with Crippen molar-refractivity contribution in [3.05, 3.63) is 53.6 Å². The number of anilines is 1. The van der Waals surface area contributed by atoms with E-state index in [4.69, 9.17) is 4.74 Å². The predicted molar refractivity (Wildman–Crippen MR) is 118 cm³/mol. The van der Waals surface area contributed by atoms with Crippen molar-refractivity contribution in [1.82, 2.24) is 5.32 Å². The standard InChI is InChI=1S/C23H30N2O4S/c1-15-8-7-10-19(17(15)3)24-23(26)18-13-12-16(2)22(14-18)30(27,28)25-20-9-5-6-11-21(20)29-4/h5-6,9,11-15,17,19,25H,7-8,10H2,1-4H3,(H,24,26). The number of carbonyl (C=O) groups excluding carboxylic acids is 1. The van der Waals surface area contributed by atoms with Gasteiger partial charge in [-0.2, -0.15) is 0 Å². The van der Waals surface area contributed by atoms with Crippen LogP contribution in [0.5, 0.6) is 5.75 Å². The molecule has 0 spiro atoms. The van der Waals surface area contributed by atoms with E-state index in [0.717, 1.165) is 12.8 Å². The number of rotatable bonds is 6. The van der Waals surface area contributed by atoms with Crippen molar-refractivity contribution < 1.29 is 17.9 Å². The lowest BCUT2D eigenvalue weighted by molar-refractivity contribution is 0.0891. The van der Waals surface area contributed by atoms with Gasteiger partial charge in [0.25, 0.3) is 15.9 Å². The fourth-order valence-electron chi connectivity index (χ4n) is 4.00. The molecule has 162 valence electrons. The quantitative estimate of drug-likeness (QED) is 0.713. The molecule has 3 atom stereocenters. The molecule has 3 unspecified atom stereocenters. The molecule has 1 aliphatic carbocycles. The fraction of sp³-hybridized carbons (Fsp3) is 0.435. The molecule has 2 N–H and O–H groups in total. The van der Waals surface area contributed by atoms with Gasteiger partial charge in [-0.1, -0.05) is 44.9 Å². The molecule has 0 heterocycles. The Morgan fingerprint density at radius 3 is 2.57 bits per heavy atom. The summed E-state index contributed by atoms with van der Waals surface area (Å²) < 4.78 is 33.9. The Labute approximate surface area is 179 Å². The number of sulfonamides is 1. The van der Waals surface area contributed by atoms with E-state index < -0.39 is 10.0 Å². The number of hydrogen-bond donors (Lipinski definition) is 2. The van der Waals surface area contributed by atoms with Crippen LogP contribution in [0, 0.1) is 18.8 Å². The second-order valence-corrected chi connectivity index (χ2v) is 9.78. The van der Waals surface area contributed by atoms with E-state index in [-0.39, 0.29) is 16.8 Å². The molecular weight excluding hydrogens is 400 g/mol. The highest BCUT2D eigenvalue weighted by Gasteiger charge is 2.29. The van der Waals surface area contributed by atoms with E-state index in [9.17, 15) is 13.2 Å². The number of nitrogens with one attached hydrogen (secondary N) is 2. The molecule has 1 fully saturated rings. The van der Waals surface area contributed by atoms with Gasteiger partial charge in [0.2, 0.25) is 0 Å². The summed E-state index contributed by atoms with van der Waals surface area (Å²) in [7, 11) is -2.41. The average Bonchev–Trinajstić information content (AvgIpc) is 2.71. The van der Waals surface area contributed by atoms with Gasteiger partial charge < -0.3 is 10.1 Å². The number of amides is 1. The van der Waals surface area contributed by atoms with Crippen LogP contribution in [0.2, 0.25) is 0 Å². The number of benzene rings is 2. The molecular formula is C23H30N2O4S. The van der Waals surface area contributed by atoms with E-state index in [1.807, 2.05) is 0 Å². The van der Waals surface area contributed by atoms with Crippen LogP contribution in [-0.2, 0) is 10.0 Å². The average molecular weight is 431 g/mol. The van der Waals surface area contributed by atoms with Crippen molar-refractivity contribution in [2.24, 2.45) is 11.8 Å². The zero-order valence-corrected chi connectivity index (χ0v) is 18.8. The van der Waals surface area contributed by atoms with Gasteiger partial charge in [-0.3, -0.25) is 9.52 Å². The van der Waals surface area contributed by atoms with E-state index in [1.165, 1.54) is 19.6 Å². The molecule has 0 saturated heterocycles. The third kappa shape index (κ3) is 4.78. The minimum Gasteiger partial charge on any atom is -0.495 e. The highest BCUT2D eigenvalue weighted by atomic mass is 32.2. The lowest BCUT2D eigenvalue weighted by Crippen LogP contribution is -2.43. The van der Waals surface area contributed by atoms with E-state index >= 15 is 0 Å². The molecule has 6 nitrogen and oxygen atoms in total. The van der Waals surface area contributed by atoms with Gasteiger partial charge in [-0.25, -0.2) is 8.42 Å². The van der Waals surface area contributed by atoms with Gasteiger partial charge >= 0.3 is 0 Å². The van der Waals surface area contributed by atoms with E-state index in [2.05, 4.69) is 23.9 Å². The number of ether oxygens (including phenoxy) is 1. The fourth-order valence-corrected chi connectivity index (χ4v) is 5.34. The number of hydrogen-bond acceptors (Lipinski definition) is 4. The van der Waals surface area contributed by atoms with Crippen LogP contribution in [0.4, 0.5) is 5.69 Å². The van der Waals surface area contributed by atoms with Crippen LogP contribution in [0.3, 0.4) is 0 Å². The first-order valence-corrected chi connectivity index (χ1v) is 11.8. The summed E-state index contributed by atoms with van der Waals surface area (Å²) in [4.78, 5) is 12.9. The summed E-state index contributed by atoms with van der Waals surface area (Å²) in [6, 6.07) is 11.7. The van der Waals surface area contributed by atoms with Crippen molar-refractivity contribution in [1.29, 1.82) is 0 Å². The Bertz CT molecular complexity index is 1020. The van der Waals surface area contributed by atoms with Crippen LogP contribution >= 0.6 is 0 Å². The Morgan fingerprint density at radius 2 is 1.83 bits per heavy atom. The van der Waals surface area contributed by atoms with Gasteiger partial charge in [-0.15, -0.1) is 0 Å². The number of aryl methyl sites for hydroxylation is 1. The zero-order valence-electron chi connectivity index (χ0n) is 17.9. The molecule has 0 aliphatic heterocycles. The predicted octanol–water partition coefficient (Wildman–Crippen LogP) is 4.36. The van der Waals surface area contributed by atoms with Crippen molar-refractivity contribution >= 4 is 21.6 Å². The smallest absolute Gasteiger partial charge is 0.262 e. The van der Waals surface area contributed by atoms with Gasteiger partial charge in [0.15, 0.2) is 0 Å². The second kappa shape index (κ2) is 9.08. The number of carbonyl (C=O) groups is 1.